The Kier molecular flexibility index (Phi) is 4.53. The summed E-state index contributed by atoms with van der Waals surface area (Å²) in [5.74, 6) is 5.32. The lowest BCUT2D eigenvalue weighted by molar-refractivity contribution is 0.346. The summed E-state index contributed by atoms with van der Waals surface area (Å²) in [6, 6.07) is 0. The predicted molar refractivity (Wildman–Crippen MR) is 113 cm³/mol. The third-order valence-electron chi connectivity index (χ3n) is 8.74. The molecule has 0 aromatic rings. The van der Waals surface area contributed by atoms with E-state index in [1.54, 1.807) is 0 Å². The lowest BCUT2D eigenvalue weighted by atomic mass is 9.89. The molecule has 0 radical (unpaired) electrons. The second-order valence-corrected chi connectivity index (χ2v) is 19.5. The number of hydrogen-bond acceptors (Lipinski definition) is 1. The number of allylic oxidation sites excluding steroid dienone is 2. The third-order valence-corrected chi connectivity index (χ3v) is 17.9. The molecule has 1 nitrogen and oxygen atoms in total. The van der Waals surface area contributed by atoms with Gasteiger partial charge in [-0.15, -0.1) is 13.2 Å². The lowest BCUT2D eigenvalue weighted by Crippen LogP contribution is -2.52. The fraction of sp³-hybridized carbons (Fsp3) is 0.818. The van der Waals surface area contributed by atoms with Gasteiger partial charge in [-0.05, 0) is 111 Å². The van der Waals surface area contributed by atoms with Crippen molar-refractivity contribution in [1.29, 1.82) is 0 Å². The Bertz CT molecular complexity index is 506. The molecule has 4 rings (SSSR count). The van der Waals surface area contributed by atoms with Gasteiger partial charge in [-0.2, -0.15) is 0 Å². The Morgan fingerprint density at radius 3 is 1.32 bits per heavy atom. The molecule has 0 heterocycles. The van der Waals surface area contributed by atoms with Gasteiger partial charge in [0.05, 0.1) is 0 Å². The normalized spacial score (nSPS) is 45.9. The van der Waals surface area contributed by atoms with Crippen LogP contribution in [-0.2, 0) is 4.12 Å². The second-order valence-electron chi connectivity index (χ2n) is 10.8. The maximum atomic E-state index is 7.26. The van der Waals surface area contributed by atoms with Crippen LogP contribution in [0.5, 0.6) is 0 Å². The molecule has 140 valence electrons. The minimum absolute atomic E-state index is 0.803. The minimum Gasteiger partial charge on any atom is -0.455 e. The molecule has 0 aromatic carbocycles. The van der Waals surface area contributed by atoms with Crippen LogP contribution in [0.4, 0.5) is 0 Å². The van der Waals surface area contributed by atoms with Crippen molar-refractivity contribution in [3.63, 3.8) is 0 Å². The molecule has 0 spiro atoms. The molecule has 0 amide bonds. The van der Waals surface area contributed by atoms with Crippen LogP contribution < -0.4 is 0 Å². The molecule has 4 bridgehead atoms. The van der Waals surface area contributed by atoms with E-state index < -0.39 is 16.6 Å². The van der Waals surface area contributed by atoms with Crippen molar-refractivity contribution in [2.24, 2.45) is 35.5 Å². The fourth-order valence-electron chi connectivity index (χ4n) is 7.75. The highest BCUT2D eigenvalue weighted by molar-refractivity contribution is 6.86. The van der Waals surface area contributed by atoms with Crippen LogP contribution in [0.1, 0.15) is 38.5 Å². The Hall–Kier alpha value is -0.126. The van der Waals surface area contributed by atoms with Crippen LogP contribution in [0.25, 0.3) is 0 Å². The molecule has 4 saturated carbocycles. The summed E-state index contributed by atoms with van der Waals surface area (Å²) in [5.41, 5.74) is 1.81. The van der Waals surface area contributed by atoms with Gasteiger partial charge in [0, 0.05) is 0 Å². The maximum absolute atomic E-state index is 7.26. The molecular formula is C22H38OSi2. The van der Waals surface area contributed by atoms with Crippen molar-refractivity contribution >= 4 is 16.6 Å². The molecule has 8 atom stereocenters. The maximum Gasteiger partial charge on any atom is 0.176 e. The summed E-state index contributed by atoms with van der Waals surface area (Å²) in [6.07, 6.45) is 13.0. The van der Waals surface area contributed by atoms with Gasteiger partial charge in [-0.1, -0.05) is 12.2 Å². The van der Waals surface area contributed by atoms with Crippen LogP contribution >= 0.6 is 0 Å². The molecule has 8 unspecified atom stereocenters. The zero-order chi connectivity index (χ0) is 18.0. The largest absolute Gasteiger partial charge is 0.455 e. The standard InChI is InChI=1S/C22H38OSi2/c1-7-15-9-19-11-17(15)13-21(19)24(3,4)23-25(5,6)22-14-18-12-20(22)10-16(18)8-2/h7-8,15-22H,1-2,9-14H2,3-6H3. The van der Waals surface area contributed by atoms with Crippen molar-refractivity contribution in [3.8, 4) is 0 Å². The summed E-state index contributed by atoms with van der Waals surface area (Å²) in [4.78, 5) is 0. The number of fused-ring (bicyclic) bond motifs is 4. The van der Waals surface area contributed by atoms with E-state index in [9.17, 15) is 0 Å². The summed E-state index contributed by atoms with van der Waals surface area (Å²) < 4.78 is 7.26. The van der Waals surface area contributed by atoms with Gasteiger partial charge in [-0.3, -0.25) is 0 Å². The monoisotopic (exact) mass is 374 g/mol. The first-order valence-corrected chi connectivity index (χ1v) is 16.7. The number of hydrogen-bond donors (Lipinski definition) is 0. The average Bonchev–Trinajstić information content (AvgIpc) is 3.30. The molecular weight excluding hydrogens is 336 g/mol. The third kappa shape index (κ3) is 2.98. The van der Waals surface area contributed by atoms with Gasteiger partial charge < -0.3 is 4.12 Å². The van der Waals surface area contributed by atoms with Crippen LogP contribution in [0, 0.1) is 35.5 Å². The van der Waals surface area contributed by atoms with Crippen molar-refractivity contribution in [1.82, 2.24) is 0 Å². The molecule has 0 N–H and O–H groups in total. The van der Waals surface area contributed by atoms with E-state index in [4.69, 9.17) is 4.12 Å². The van der Waals surface area contributed by atoms with E-state index in [-0.39, 0.29) is 0 Å². The highest BCUT2D eigenvalue weighted by atomic mass is 28.4. The van der Waals surface area contributed by atoms with Crippen molar-refractivity contribution in [2.75, 3.05) is 0 Å². The Labute approximate surface area is 157 Å². The Balaban J connectivity index is 1.43. The van der Waals surface area contributed by atoms with E-state index in [1.807, 2.05) is 0 Å². The zero-order valence-electron chi connectivity index (χ0n) is 16.8. The lowest BCUT2D eigenvalue weighted by Gasteiger charge is -2.46. The average molecular weight is 375 g/mol. The molecule has 4 aliphatic carbocycles. The SMILES string of the molecule is C=CC1CC2CC1CC2[Si](C)(C)O[Si](C)(C)C1CC2CC1CC2C=C. The first kappa shape index (κ1) is 18.2. The van der Waals surface area contributed by atoms with Gasteiger partial charge in [0.15, 0.2) is 16.6 Å². The molecule has 3 heteroatoms. The van der Waals surface area contributed by atoms with E-state index in [2.05, 4.69) is 51.5 Å². The molecule has 4 aliphatic rings. The van der Waals surface area contributed by atoms with Crippen LogP contribution in [0.2, 0.25) is 37.3 Å². The van der Waals surface area contributed by atoms with Crippen LogP contribution in [0.3, 0.4) is 0 Å². The van der Waals surface area contributed by atoms with Crippen molar-refractivity contribution < 1.29 is 4.12 Å². The van der Waals surface area contributed by atoms with E-state index >= 15 is 0 Å². The van der Waals surface area contributed by atoms with Gasteiger partial charge in [0.1, 0.15) is 0 Å². The quantitative estimate of drug-likeness (QED) is 0.375. The fourth-order valence-corrected chi connectivity index (χ4v) is 18.9. The van der Waals surface area contributed by atoms with Gasteiger partial charge >= 0.3 is 0 Å². The summed E-state index contributed by atoms with van der Waals surface area (Å²) in [6.45, 7) is 18.4. The Morgan fingerprint density at radius 2 is 1.04 bits per heavy atom. The van der Waals surface area contributed by atoms with Crippen molar-refractivity contribution in [2.45, 2.75) is 75.8 Å². The van der Waals surface area contributed by atoms with E-state index in [1.165, 1.54) is 38.5 Å². The highest BCUT2D eigenvalue weighted by Crippen LogP contribution is 2.61. The van der Waals surface area contributed by atoms with E-state index in [0.29, 0.717) is 0 Å². The molecule has 0 aliphatic heterocycles. The highest BCUT2D eigenvalue weighted by Gasteiger charge is 2.56. The van der Waals surface area contributed by atoms with Crippen LogP contribution in [0.15, 0.2) is 25.3 Å². The molecule has 0 saturated heterocycles. The first-order chi connectivity index (χ1) is 11.7. The topological polar surface area (TPSA) is 9.23 Å². The smallest absolute Gasteiger partial charge is 0.176 e. The summed E-state index contributed by atoms with van der Waals surface area (Å²) in [5, 5.41) is 0. The molecule has 0 aromatic heterocycles. The second kappa shape index (κ2) is 6.20. The van der Waals surface area contributed by atoms with Gasteiger partial charge in [0.2, 0.25) is 0 Å². The van der Waals surface area contributed by atoms with Gasteiger partial charge in [0.25, 0.3) is 0 Å². The molecule has 25 heavy (non-hydrogen) atoms. The summed E-state index contributed by atoms with van der Waals surface area (Å²) in [7, 11) is -3.23. The van der Waals surface area contributed by atoms with Gasteiger partial charge in [-0.25, -0.2) is 0 Å². The van der Waals surface area contributed by atoms with E-state index in [0.717, 1.165) is 46.6 Å². The molecule has 4 fully saturated rings. The van der Waals surface area contributed by atoms with Crippen molar-refractivity contribution in [3.05, 3.63) is 25.3 Å². The van der Waals surface area contributed by atoms with Crippen LogP contribution in [-0.4, -0.2) is 16.6 Å². The zero-order valence-corrected chi connectivity index (χ0v) is 18.8. The first-order valence-electron chi connectivity index (χ1n) is 10.7. The number of rotatable bonds is 6. The summed E-state index contributed by atoms with van der Waals surface area (Å²) >= 11 is 0. The predicted octanol–water partition coefficient (Wildman–Crippen LogP) is 6.62. The Morgan fingerprint density at radius 1 is 0.640 bits per heavy atom. The minimum atomic E-state index is -1.61.